The summed E-state index contributed by atoms with van der Waals surface area (Å²) in [5.74, 6) is -1.64. The van der Waals surface area contributed by atoms with Crippen molar-refractivity contribution in [3.8, 4) is 0 Å². The highest BCUT2D eigenvalue weighted by atomic mass is 16.4. The molecule has 1 aromatic carbocycles. The molecule has 4 N–H and O–H groups in total. The van der Waals surface area contributed by atoms with Gasteiger partial charge >= 0.3 is 5.97 Å². The normalized spacial score (nSPS) is 13.9. The number of fused-ring (bicyclic) bond motifs is 1. The molecule has 0 spiro atoms. The molecule has 0 saturated heterocycles. The van der Waals surface area contributed by atoms with Crippen molar-refractivity contribution in [2.75, 3.05) is 13.2 Å². The van der Waals surface area contributed by atoms with Crippen molar-refractivity contribution in [3.63, 3.8) is 0 Å². The third-order valence-electron chi connectivity index (χ3n) is 3.44. The topological polar surface area (TPSA) is 102 Å². The third kappa shape index (κ3) is 2.37. The largest absolute Gasteiger partial charge is 0.481 e. The summed E-state index contributed by atoms with van der Waals surface area (Å²) in [5.41, 5.74) is 0.159. The molecule has 106 valence electrons. The molecule has 0 radical (unpaired) electrons. The van der Waals surface area contributed by atoms with Crippen molar-refractivity contribution in [1.29, 1.82) is 0 Å². The maximum absolute atomic E-state index is 11.6. The number of rotatable bonds is 5. The summed E-state index contributed by atoms with van der Waals surface area (Å²) in [7, 11) is 0. The molecule has 6 heteroatoms. The van der Waals surface area contributed by atoms with Crippen LogP contribution < -0.4 is 5.32 Å². The van der Waals surface area contributed by atoms with Crippen molar-refractivity contribution < 1.29 is 19.8 Å². The Hall–Kier alpha value is -2.34. The van der Waals surface area contributed by atoms with Crippen LogP contribution >= 0.6 is 0 Å². The zero-order valence-electron chi connectivity index (χ0n) is 11.0. The van der Waals surface area contributed by atoms with Crippen LogP contribution in [0.3, 0.4) is 0 Å². The van der Waals surface area contributed by atoms with E-state index in [4.69, 9.17) is 5.11 Å². The molecule has 20 heavy (non-hydrogen) atoms. The lowest BCUT2D eigenvalue weighted by Gasteiger charge is -2.24. The smallest absolute Gasteiger partial charge is 0.315 e. The molecule has 0 bridgehead atoms. The number of carboxylic acid groups (broad SMARTS) is 1. The Kier molecular flexibility index (Phi) is 3.76. The fraction of sp³-hybridized carbons (Fsp3) is 0.286. The highest BCUT2D eigenvalue weighted by molar-refractivity contribution is 5.92. The minimum absolute atomic E-state index is 0.0937. The summed E-state index contributed by atoms with van der Waals surface area (Å²) in [4.78, 5) is 25.8. The number of H-pyrrole nitrogens is 1. The number of aliphatic hydroxyl groups excluding tert-OH is 1. The van der Waals surface area contributed by atoms with Crippen molar-refractivity contribution in [3.05, 3.63) is 36.0 Å². The number of carboxylic acids is 1. The number of nitrogens with one attached hydrogen (secondary N) is 2. The molecule has 0 fully saturated rings. The van der Waals surface area contributed by atoms with Crippen LogP contribution in [0.4, 0.5) is 0 Å². The lowest BCUT2D eigenvalue weighted by atomic mass is 9.82. The van der Waals surface area contributed by atoms with Crippen LogP contribution in [0, 0.1) is 0 Å². The predicted molar refractivity (Wildman–Crippen MR) is 73.4 cm³/mol. The maximum Gasteiger partial charge on any atom is 0.315 e. The highest BCUT2D eigenvalue weighted by Gasteiger charge is 2.37. The molecule has 1 heterocycles. The molecule has 0 aliphatic carbocycles. The van der Waals surface area contributed by atoms with E-state index in [1.807, 2.05) is 24.3 Å². The van der Waals surface area contributed by atoms with E-state index in [0.29, 0.717) is 5.56 Å². The Morgan fingerprint density at radius 3 is 2.70 bits per heavy atom. The third-order valence-corrected chi connectivity index (χ3v) is 3.44. The van der Waals surface area contributed by atoms with Crippen LogP contribution in [-0.2, 0) is 15.0 Å². The van der Waals surface area contributed by atoms with Crippen molar-refractivity contribution in [1.82, 2.24) is 10.3 Å². The minimum atomic E-state index is -1.27. The van der Waals surface area contributed by atoms with E-state index in [-0.39, 0.29) is 6.54 Å². The second kappa shape index (κ2) is 5.34. The molecule has 1 atom stereocenters. The highest BCUT2D eigenvalue weighted by Crippen LogP contribution is 2.30. The van der Waals surface area contributed by atoms with Crippen molar-refractivity contribution in [2.45, 2.75) is 12.3 Å². The van der Waals surface area contributed by atoms with Gasteiger partial charge in [-0.15, -0.1) is 0 Å². The average Bonchev–Trinajstić information content (AvgIpc) is 2.88. The summed E-state index contributed by atoms with van der Waals surface area (Å²) in [6.07, 6.45) is 1.64. The number of aromatic amines is 1. The number of amides is 1. The summed E-state index contributed by atoms with van der Waals surface area (Å²) in [6.45, 7) is 0.787. The number of carbonyl (C=O) groups is 2. The van der Waals surface area contributed by atoms with Crippen molar-refractivity contribution in [2.24, 2.45) is 0 Å². The Morgan fingerprint density at radius 1 is 1.35 bits per heavy atom. The number of aliphatic hydroxyl groups is 1. The van der Waals surface area contributed by atoms with E-state index in [1.54, 1.807) is 13.1 Å². The molecule has 1 amide bonds. The molecule has 6 nitrogen and oxygen atoms in total. The Labute approximate surface area is 115 Å². The quantitative estimate of drug-likeness (QED) is 0.642. The van der Waals surface area contributed by atoms with Crippen LogP contribution in [0.2, 0.25) is 0 Å². The van der Waals surface area contributed by atoms with Crippen LogP contribution in [0.25, 0.3) is 10.9 Å². The summed E-state index contributed by atoms with van der Waals surface area (Å²) in [6, 6.07) is 7.37. The van der Waals surface area contributed by atoms with Gasteiger partial charge in [-0.1, -0.05) is 18.2 Å². The molecule has 0 saturated carbocycles. The number of carbonyl (C=O) groups excluding carboxylic acids is 1. The monoisotopic (exact) mass is 276 g/mol. The molecular formula is C14H16N2O4. The second-order valence-corrected chi connectivity index (χ2v) is 4.82. The predicted octanol–water partition coefficient (Wildman–Crippen LogP) is 0.619. The van der Waals surface area contributed by atoms with E-state index in [9.17, 15) is 14.7 Å². The van der Waals surface area contributed by atoms with E-state index in [2.05, 4.69) is 10.3 Å². The first-order chi connectivity index (χ1) is 9.49. The Balaban J connectivity index is 2.42. The zero-order chi connectivity index (χ0) is 14.8. The maximum atomic E-state index is 11.6. The van der Waals surface area contributed by atoms with Gasteiger partial charge in [0.2, 0.25) is 5.91 Å². The molecular weight excluding hydrogens is 260 g/mol. The average molecular weight is 276 g/mol. The zero-order valence-corrected chi connectivity index (χ0v) is 11.0. The lowest BCUT2D eigenvalue weighted by molar-refractivity contribution is -0.143. The van der Waals surface area contributed by atoms with Gasteiger partial charge in [0, 0.05) is 23.6 Å². The standard InChI is InChI=1S/C14H16N2O4/c1-14(13(19)20,8-16-12(18)7-17)10-6-15-11-5-3-2-4-9(10)11/h2-6,15,17H,7-8H2,1H3,(H,16,18)(H,19,20). The fourth-order valence-corrected chi connectivity index (χ4v) is 2.15. The van der Waals surface area contributed by atoms with E-state index < -0.39 is 23.9 Å². The lowest BCUT2D eigenvalue weighted by Crippen LogP contribution is -2.45. The van der Waals surface area contributed by atoms with Gasteiger partial charge in [-0.3, -0.25) is 9.59 Å². The summed E-state index contributed by atoms with van der Waals surface area (Å²) < 4.78 is 0. The van der Waals surface area contributed by atoms with Gasteiger partial charge in [0.25, 0.3) is 0 Å². The summed E-state index contributed by atoms with van der Waals surface area (Å²) >= 11 is 0. The van der Waals surface area contributed by atoms with Crippen molar-refractivity contribution >= 4 is 22.8 Å². The number of aliphatic carboxylic acids is 1. The van der Waals surface area contributed by atoms with E-state index in [0.717, 1.165) is 10.9 Å². The summed E-state index contributed by atoms with van der Waals surface area (Å²) in [5, 5.41) is 21.5. The van der Waals surface area contributed by atoms with Crippen LogP contribution in [0.15, 0.2) is 30.5 Å². The van der Waals surface area contributed by atoms with Crippen LogP contribution in [-0.4, -0.2) is 40.2 Å². The van der Waals surface area contributed by atoms with Gasteiger partial charge in [0.15, 0.2) is 0 Å². The van der Waals surface area contributed by atoms with E-state index >= 15 is 0 Å². The molecule has 0 aliphatic rings. The minimum Gasteiger partial charge on any atom is -0.481 e. The Bertz CT molecular complexity index is 649. The Morgan fingerprint density at radius 2 is 2.05 bits per heavy atom. The molecule has 0 aliphatic heterocycles. The number of para-hydroxylation sites is 1. The van der Waals surface area contributed by atoms with Crippen LogP contribution in [0.1, 0.15) is 12.5 Å². The van der Waals surface area contributed by atoms with Crippen LogP contribution in [0.5, 0.6) is 0 Å². The molecule has 2 rings (SSSR count). The van der Waals surface area contributed by atoms with E-state index in [1.165, 1.54) is 0 Å². The fourth-order valence-electron chi connectivity index (χ4n) is 2.15. The SMILES string of the molecule is CC(CNC(=O)CO)(C(=O)O)c1c[nH]c2ccccc12. The molecule has 1 aromatic heterocycles. The number of aromatic nitrogens is 1. The number of hydrogen-bond donors (Lipinski definition) is 4. The van der Waals surface area contributed by atoms with Gasteiger partial charge in [-0.2, -0.15) is 0 Å². The first kappa shape index (κ1) is 14.1. The van der Waals surface area contributed by atoms with Gasteiger partial charge in [0.05, 0.1) is 0 Å². The van der Waals surface area contributed by atoms with Gasteiger partial charge < -0.3 is 20.5 Å². The molecule has 2 aromatic rings. The first-order valence-corrected chi connectivity index (χ1v) is 6.16. The van der Waals surface area contributed by atoms with Gasteiger partial charge in [-0.25, -0.2) is 0 Å². The van der Waals surface area contributed by atoms with Gasteiger partial charge in [-0.05, 0) is 18.6 Å². The number of benzene rings is 1. The molecule has 1 unspecified atom stereocenters. The van der Waals surface area contributed by atoms with Gasteiger partial charge in [0.1, 0.15) is 12.0 Å². The number of hydrogen-bond acceptors (Lipinski definition) is 3. The first-order valence-electron chi connectivity index (χ1n) is 6.16. The second-order valence-electron chi connectivity index (χ2n) is 4.82.